The van der Waals surface area contributed by atoms with Crippen LogP contribution < -0.4 is 0 Å². The van der Waals surface area contributed by atoms with Gasteiger partial charge < -0.3 is 5.11 Å². The van der Waals surface area contributed by atoms with Crippen molar-refractivity contribution in [2.45, 2.75) is 25.9 Å². The average Bonchev–Trinajstić information content (AvgIpc) is 2.50. The molecule has 0 bridgehead atoms. The van der Waals surface area contributed by atoms with Crippen molar-refractivity contribution in [2.24, 2.45) is 0 Å². The Morgan fingerprint density at radius 3 is 2.92 bits per heavy atom. The Morgan fingerprint density at radius 2 is 2.42 bits per heavy atom. The first kappa shape index (κ1) is 9.32. The fourth-order valence-electron chi connectivity index (χ4n) is 1.64. The van der Waals surface area contributed by atoms with Gasteiger partial charge in [-0.2, -0.15) is 0 Å². The molecule has 1 unspecified atom stereocenters. The molecule has 1 saturated heterocycles. The minimum atomic E-state index is -0.794. The summed E-state index contributed by atoms with van der Waals surface area (Å²) in [5, 5.41) is 8.83. The number of rotatable bonds is 2. The van der Waals surface area contributed by atoms with Gasteiger partial charge in [0.1, 0.15) is 0 Å². The van der Waals surface area contributed by atoms with Gasteiger partial charge in [0.05, 0.1) is 6.17 Å². The van der Waals surface area contributed by atoms with Crippen LogP contribution in [0.2, 0.25) is 0 Å². The van der Waals surface area contributed by atoms with Gasteiger partial charge in [-0.1, -0.05) is 6.92 Å². The lowest BCUT2D eigenvalue weighted by molar-refractivity contribution is 0.0863. The number of likely N-dealkylation sites (tertiary alicyclic amines) is 1. The molecule has 1 fully saturated rings. The molecule has 1 amide bonds. The zero-order valence-electron chi connectivity index (χ0n) is 7.66. The smallest absolute Gasteiger partial charge is 0.408 e. The summed E-state index contributed by atoms with van der Waals surface area (Å²) in [6.45, 7) is 3.62. The van der Waals surface area contributed by atoms with Gasteiger partial charge in [-0.25, -0.2) is 4.79 Å². The van der Waals surface area contributed by atoms with E-state index in [1.54, 1.807) is 0 Å². The molecule has 1 heterocycles. The van der Waals surface area contributed by atoms with Crippen molar-refractivity contribution in [2.75, 3.05) is 20.1 Å². The minimum Gasteiger partial charge on any atom is -0.465 e. The van der Waals surface area contributed by atoms with Gasteiger partial charge in [0.2, 0.25) is 0 Å². The third-order valence-corrected chi connectivity index (χ3v) is 2.47. The summed E-state index contributed by atoms with van der Waals surface area (Å²) in [7, 11) is 1.96. The van der Waals surface area contributed by atoms with Crippen LogP contribution in [-0.4, -0.2) is 47.3 Å². The summed E-state index contributed by atoms with van der Waals surface area (Å²) in [5.74, 6) is 0. The Labute approximate surface area is 72.8 Å². The molecule has 4 nitrogen and oxygen atoms in total. The summed E-state index contributed by atoms with van der Waals surface area (Å²) in [5.41, 5.74) is 0. The largest absolute Gasteiger partial charge is 0.465 e. The summed E-state index contributed by atoms with van der Waals surface area (Å²) in [6.07, 6.45) is 1.27. The third-order valence-electron chi connectivity index (χ3n) is 2.47. The van der Waals surface area contributed by atoms with Gasteiger partial charge >= 0.3 is 6.09 Å². The number of hydrogen-bond acceptors (Lipinski definition) is 2. The van der Waals surface area contributed by atoms with Crippen LogP contribution in [0.3, 0.4) is 0 Å². The lowest BCUT2D eigenvalue weighted by Gasteiger charge is -2.29. The van der Waals surface area contributed by atoms with Crippen LogP contribution in [0, 0.1) is 0 Å². The molecule has 1 atom stereocenters. The Bertz CT molecular complexity index is 172. The quantitative estimate of drug-likeness (QED) is 0.676. The molecular formula is C8H16N2O2. The maximum atomic E-state index is 10.7. The van der Waals surface area contributed by atoms with Crippen molar-refractivity contribution in [3.8, 4) is 0 Å². The standard InChI is InChI=1S/C8H16N2O2/c1-3-9(2)7-5-4-6-10(7)8(11)12/h7H,3-6H2,1-2H3,(H,11,12). The van der Waals surface area contributed by atoms with Gasteiger partial charge in [0.15, 0.2) is 0 Å². The molecule has 12 heavy (non-hydrogen) atoms. The number of amides is 1. The van der Waals surface area contributed by atoms with E-state index in [1.165, 1.54) is 4.90 Å². The second-order valence-corrected chi connectivity index (χ2v) is 3.17. The van der Waals surface area contributed by atoms with Crippen LogP contribution in [0.15, 0.2) is 0 Å². The first-order valence-electron chi connectivity index (χ1n) is 4.36. The summed E-state index contributed by atoms with van der Waals surface area (Å²) < 4.78 is 0. The van der Waals surface area contributed by atoms with Gasteiger partial charge in [-0.05, 0) is 26.4 Å². The molecule has 0 spiro atoms. The van der Waals surface area contributed by atoms with E-state index in [9.17, 15) is 4.79 Å². The highest BCUT2D eigenvalue weighted by Gasteiger charge is 2.30. The van der Waals surface area contributed by atoms with E-state index >= 15 is 0 Å². The normalized spacial score (nSPS) is 23.6. The maximum absolute atomic E-state index is 10.7. The number of carboxylic acid groups (broad SMARTS) is 1. The molecule has 0 aromatic carbocycles. The van der Waals surface area contributed by atoms with Gasteiger partial charge in [-0.3, -0.25) is 9.80 Å². The predicted molar refractivity (Wildman–Crippen MR) is 46.1 cm³/mol. The Hall–Kier alpha value is -0.770. The molecular weight excluding hydrogens is 156 g/mol. The van der Waals surface area contributed by atoms with E-state index in [0.29, 0.717) is 6.54 Å². The Balaban J connectivity index is 2.57. The Kier molecular flexibility index (Phi) is 2.92. The zero-order chi connectivity index (χ0) is 9.14. The topological polar surface area (TPSA) is 43.8 Å². The molecule has 1 rings (SSSR count). The molecule has 0 saturated carbocycles. The fourth-order valence-corrected chi connectivity index (χ4v) is 1.64. The highest BCUT2D eigenvalue weighted by Crippen LogP contribution is 2.19. The van der Waals surface area contributed by atoms with E-state index in [4.69, 9.17) is 5.11 Å². The summed E-state index contributed by atoms with van der Waals surface area (Å²) in [4.78, 5) is 14.3. The van der Waals surface area contributed by atoms with Gasteiger partial charge in [0.25, 0.3) is 0 Å². The minimum absolute atomic E-state index is 0.104. The van der Waals surface area contributed by atoms with Gasteiger partial charge in [-0.15, -0.1) is 0 Å². The second kappa shape index (κ2) is 3.76. The average molecular weight is 172 g/mol. The second-order valence-electron chi connectivity index (χ2n) is 3.17. The predicted octanol–water partition coefficient (Wildman–Crippen LogP) is 1.04. The highest BCUT2D eigenvalue weighted by molar-refractivity contribution is 5.65. The van der Waals surface area contributed by atoms with Crippen molar-refractivity contribution in [3.05, 3.63) is 0 Å². The molecule has 4 heteroatoms. The fraction of sp³-hybridized carbons (Fsp3) is 0.875. The van der Waals surface area contributed by atoms with Crippen LogP contribution in [0.1, 0.15) is 19.8 Å². The first-order chi connectivity index (χ1) is 5.66. The SMILES string of the molecule is CCN(C)C1CCCN1C(=O)O. The molecule has 0 radical (unpaired) electrons. The number of nitrogens with zero attached hydrogens (tertiary/aromatic N) is 2. The van der Waals surface area contributed by atoms with E-state index in [-0.39, 0.29) is 6.17 Å². The highest BCUT2D eigenvalue weighted by atomic mass is 16.4. The van der Waals surface area contributed by atoms with Crippen LogP contribution >= 0.6 is 0 Å². The molecule has 70 valence electrons. The van der Waals surface area contributed by atoms with Crippen LogP contribution in [0.4, 0.5) is 4.79 Å². The zero-order valence-corrected chi connectivity index (χ0v) is 7.66. The van der Waals surface area contributed by atoms with Crippen molar-refractivity contribution in [1.29, 1.82) is 0 Å². The Morgan fingerprint density at radius 1 is 1.75 bits per heavy atom. The molecule has 0 aliphatic carbocycles. The van der Waals surface area contributed by atoms with E-state index in [2.05, 4.69) is 4.90 Å². The van der Waals surface area contributed by atoms with Crippen LogP contribution in [0.25, 0.3) is 0 Å². The van der Waals surface area contributed by atoms with Gasteiger partial charge in [0, 0.05) is 6.54 Å². The molecule has 1 aliphatic rings. The van der Waals surface area contributed by atoms with E-state index < -0.39 is 6.09 Å². The monoisotopic (exact) mass is 172 g/mol. The molecule has 1 N–H and O–H groups in total. The van der Waals surface area contributed by atoms with Crippen molar-refractivity contribution in [3.63, 3.8) is 0 Å². The summed E-state index contributed by atoms with van der Waals surface area (Å²) >= 11 is 0. The lowest BCUT2D eigenvalue weighted by atomic mass is 10.3. The van der Waals surface area contributed by atoms with E-state index in [0.717, 1.165) is 19.4 Å². The molecule has 0 aromatic heterocycles. The van der Waals surface area contributed by atoms with E-state index in [1.807, 2.05) is 14.0 Å². The molecule has 0 aromatic rings. The molecule has 1 aliphatic heterocycles. The maximum Gasteiger partial charge on any atom is 0.408 e. The van der Waals surface area contributed by atoms with Crippen molar-refractivity contribution >= 4 is 6.09 Å². The number of hydrogen-bond donors (Lipinski definition) is 1. The van der Waals surface area contributed by atoms with Crippen molar-refractivity contribution < 1.29 is 9.90 Å². The van der Waals surface area contributed by atoms with Crippen molar-refractivity contribution in [1.82, 2.24) is 9.80 Å². The summed E-state index contributed by atoms with van der Waals surface area (Å²) in [6, 6.07) is 0. The number of carbonyl (C=O) groups is 1. The lowest BCUT2D eigenvalue weighted by Crippen LogP contribution is -2.44. The first-order valence-corrected chi connectivity index (χ1v) is 4.36. The third kappa shape index (κ3) is 1.69. The van der Waals surface area contributed by atoms with Crippen LogP contribution in [-0.2, 0) is 0 Å². The van der Waals surface area contributed by atoms with Crippen LogP contribution in [0.5, 0.6) is 0 Å².